The molecular formula is C16H21N3. The largest absolute Gasteiger partial charge is 0.370 e. The number of nitrogens with one attached hydrogen (secondary N) is 1. The van der Waals surface area contributed by atoms with E-state index in [0.717, 1.165) is 36.2 Å². The highest BCUT2D eigenvalue weighted by molar-refractivity contribution is 5.59. The average Bonchev–Trinajstić information content (AvgIpc) is 2.98. The summed E-state index contributed by atoms with van der Waals surface area (Å²) in [6.07, 6.45) is 3.92. The summed E-state index contributed by atoms with van der Waals surface area (Å²) in [5.41, 5.74) is 1.94. The molecule has 1 atom stereocenters. The minimum atomic E-state index is 0.813. The highest BCUT2D eigenvalue weighted by atomic mass is 15.2. The Morgan fingerprint density at radius 3 is 2.68 bits per heavy atom. The molecule has 0 bridgehead atoms. The van der Waals surface area contributed by atoms with Crippen LogP contribution in [0.15, 0.2) is 24.3 Å². The van der Waals surface area contributed by atoms with Crippen LogP contribution in [0, 0.1) is 23.2 Å². The predicted molar refractivity (Wildman–Crippen MR) is 77.1 cm³/mol. The van der Waals surface area contributed by atoms with Crippen LogP contribution < -0.4 is 10.2 Å². The molecule has 2 aliphatic heterocycles. The number of hydrogen-bond acceptors (Lipinski definition) is 3. The fourth-order valence-corrected chi connectivity index (χ4v) is 3.55. The van der Waals surface area contributed by atoms with Crippen LogP contribution in [-0.2, 0) is 0 Å². The predicted octanol–water partition coefficient (Wildman–Crippen LogP) is 2.38. The monoisotopic (exact) mass is 255 g/mol. The van der Waals surface area contributed by atoms with E-state index >= 15 is 0 Å². The number of anilines is 1. The van der Waals surface area contributed by atoms with Gasteiger partial charge in [0, 0.05) is 13.1 Å². The van der Waals surface area contributed by atoms with Crippen molar-refractivity contribution in [2.24, 2.45) is 11.8 Å². The quantitative estimate of drug-likeness (QED) is 0.882. The van der Waals surface area contributed by atoms with E-state index < -0.39 is 0 Å². The van der Waals surface area contributed by atoms with Crippen LogP contribution in [0.25, 0.3) is 0 Å². The van der Waals surface area contributed by atoms with E-state index in [2.05, 4.69) is 22.4 Å². The summed E-state index contributed by atoms with van der Waals surface area (Å²) in [4.78, 5) is 2.41. The molecule has 2 aliphatic rings. The number of nitrogens with zero attached hydrogens (tertiary/aromatic N) is 2. The molecule has 1 aromatic rings. The summed E-state index contributed by atoms with van der Waals surface area (Å²) in [6.45, 7) is 4.59. The van der Waals surface area contributed by atoms with Crippen LogP contribution in [0.4, 0.5) is 5.69 Å². The molecule has 1 unspecified atom stereocenters. The summed E-state index contributed by atoms with van der Waals surface area (Å²) < 4.78 is 0. The van der Waals surface area contributed by atoms with Crippen molar-refractivity contribution in [3.63, 3.8) is 0 Å². The molecule has 2 fully saturated rings. The van der Waals surface area contributed by atoms with E-state index in [0.29, 0.717) is 0 Å². The third kappa shape index (κ3) is 2.59. The van der Waals surface area contributed by atoms with Gasteiger partial charge in [-0.3, -0.25) is 0 Å². The number of rotatable bonds is 2. The molecule has 0 aromatic heterocycles. The maximum absolute atomic E-state index is 9.21. The summed E-state index contributed by atoms with van der Waals surface area (Å²) in [6, 6.07) is 10.3. The molecule has 3 heteroatoms. The smallest absolute Gasteiger partial charge is 0.101 e. The minimum Gasteiger partial charge on any atom is -0.370 e. The molecule has 19 heavy (non-hydrogen) atoms. The van der Waals surface area contributed by atoms with Gasteiger partial charge in [0.2, 0.25) is 0 Å². The van der Waals surface area contributed by atoms with Crippen molar-refractivity contribution in [3.8, 4) is 6.07 Å². The first-order valence-corrected chi connectivity index (χ1v) is 7.33. The number of benzene rings is 1. The van der Waals surface area contributed by atoms with Crippen molar-refractivity contribution in [1.82, 2.24) is 5.32 Å². The molecule has 0 saturated carbocycles. The number of piperidine rings is 1. The lowest BCUT2D eigenvalue weighted by molar-refractivity contribution is 0.276. The van der Waals surface area contributed by atoms with Gasteiger partial charge in [-0.05, 0) is 56.3 Å². The Bertz CT molecular complexity index is 471. The van der Waals surface area contributed by atoms with E-state index in [1.54, 1.807) is 0 Å². The molecule has 3 rings (SSSR count). The second-order valence-corrected chi connectivity index (χ2v) is 5.71. The van der Waals surface area contributed by atoms with E-state index in [1.165, 1.54) is 32.4 Å². The van der Waals surface area contributed by atoms with Crippen molar-refractivity contribution < 1.29 is 0 Å². The van der Waals surface area contributed by atoms with Crippen LogP contribution in [0.1, 0.15) is 24.8 Å². The Morgan fingerprint density at radius 2 is 1.89 bits per heavy atom. The lowest BCUT2D eigenvalue weighted by atomic mass is 9.84. The molecule has 1 aromatic carbocycles. The van der Waals surface area contributed by atoms with E-state index in [-0.39, 0.29) is 0 Å². The van der Waals surface area contributed by atoms with Gasteiger partial charge in [-0.15, -0.1) is 0 Å². The van der Waals surface area contributed by atoms with Crippen molar-refractivity contribution in [1.29, 1.82) is 5.26 Å². The first-order valence-electron chi connectivity index (χ1n) is 7.33. The highest BCUT2D eigenvalue weighted by Gasteiger charge is 2.30. The van der Waals surface area contributed by atoms with Gasteiger partial charge in [-0.2, -0.15) is 5.26 Å². The molecule has 100 valence electrons. The van der Waals surface area contributed by atoms with Crippen molar-refractivity contribution in [3.05, 3.63) is 29.8 Å². The second kappa shape index (κ2) is 5.63. The van der Waals surface area contributed by atoms with Gasteiger partial charge in [-0.1, -0.05) is 12.1 Å². The Labute approximate surface area is 115 Å². The number of para-hydroxylation sites is 1. The first kappa shape index (κ1) is 12.5. The molecule has 3 nitrogen and oxygen atoms in total. The molecule has 1 N–H and O–H groups in total. The SMILES string of the molecule is N#Cc1ccccc1N1CCC(C2CCNCC2)C1. The zero-order valence-corrected chi connectivity index (χ0v) is 11.3. The van der Waals surface area contributed by atoms with E-state index in [9.17, 15) is 5.26 Å². The number of nitriles is 1. The minimum absolute atomic E-state index is 0.813. The molecular weight excluding hydrogens is 234 g/mol. The van der Waals surface area contributed by atoms with Crippen LogP contribution in [0.2, 0.25) is 0 Å². The van der Waals surface area contributed by atoms with Gasteiger partial charge < -0.3 is 10.2 Å². The Kier molecular flexibility index (Phi) is 3.70. The summed E-state index contributed by atoms with van der Waals surface area (Å²) in [5, 5.41) is 12.7. The zero-order valence-electron chi connectivity index (χ0n) is 11.3. The van der Waals surface area contributed by atoms with Crippen molar-refractivity contribution in [2.45, 2.75) is 19.3 Å². The lowest BCUT2D eigenvalue weighted by Gasteiger charge is -2.28. The van der Waals surface area contributed by atoms with Gasteiger partial charge in [0.05, 0.1) is 11.3 Å². The van der Waals surface area contributed by atoms with E-state index in [1.807, 2.05) is 18.2 Å². The van der Waals surface area contributed by atoms with Gasteiger partial charge in [0.15, 0.2) is 0 Å². The molecule has 0 amide bonds. The zero-order chi connectivity index (χ0) is 13.1. The Hall–Kier alpha value is -1.53. The van der Waals surface area contributed by atoms with Crippen LogP contribution in [0.5, 0.6) is 0 Å². The second-order valence-electron chi connectivity index (χ2n) is 5.71. The maximum atomic E-state index is 9.21. The third-order valence-corrected chi connectivity index (χ3v) is 4.64. The van der Waals surface area contributed by atoms with Crippen LogP contribution in [-0.4, -0.2) is 26.2 Å². The lowest BCUT2D eigenvalue weighted by Crippen LogP contribution is -2.33. The average molecular weight is 255 g/mol. The maximum Gasteiger partial charge on any atom is 0.101 e. The van der Waals surface area contributed by atoms with Crippen LogP contribution >= 0.6 is 0 Å². The van der Waals surface area contributed by atoms with Gasteiger partial charge in [0.25, 0.3) is 0 Å². The van der Waals surface area contributed by atoms with Crippen molar-refractivity contribution >= 4 is 5.69 Å². The van der Waals surface area contributed by atoms with Crippen molar-refractivity contribution in [2.75, 3.05) is 31.1 Å². The molecule has 2 heterocycles. The summed E-state index contributed by atoms with van der Waals surface area (Å²) in [5.74, 6) is 1.69. The molecule has 2 saturated heterocycles. The summed E-state index contributed by atoms with van der Waals surface area (Å²) in [7, 11) is 0. The molecule has 0 radical (unpaired) electrons. The fraction of sp³-hybridized carbons (Fsp3) is 0.562. The normalized spacial score (nSPS) is 24.4. The fourth-order valence-electron chi connectivity index (χ4n) is 3.55. The van der Waals surface area contributed by atoms with Gasteiger partial charge in [-0.25, -0.2) is 0 Å². The standard InChI is InChI=1S/C16H21N3/c17-11-14-3-1-2-4-16(14)19-10-7-15(12-19)13-5-8-18-9-6-13/h1-4,13,15,18H,5-10,12H2. The molecule has 0 spiro atoms. The van der Waals surface area contributed by atoms with Gasteiger partial charge in [0.1, 0.15) is 6.07 Å². The van der Waals surface area contributed by atoms with E-state index in [4.69, 9.17) is 0 Å². The van der Waals surface area contributed by atoms with Crippen LogP contribution in [0.3, 0.4) is 0 Å². The Morgan fingerprint density at radius 1 is 1.11 bits per heavy atom. The number of hydrogen-bond donors (Lipinski definition) is 1. The summed E-state index contributed by atoms with van der Waals surface area (Å²) >= 11 is 0. The molecule has 0 aliphatic carbocycles. The topological polar surface area (TPSA) is 39.1 Å². The highest BCUT2D eigenvalue weighted by Crippen LogP contribution is 2.33. The first-order chi connectivity index (χ1) is 9.38. The third-order valence-electron chi connectivity index (χ3n) is 4.64. The van der Waals surface area contributed by atoms with Gasteiger partial charge >= 0.3 is 0 Å². The Balaban J connectivity index is 1.70.